The highest BCUT2D eigenvalue weighted by Gasteiger charge is 2.48. The van der Waals surface area contributed by atoms with Crippen LogP contribution in [0.3, 0.4) is 0 Å². The molecule has 0 spiro atoms. The third-order valence-electron chi connectivity index (χ3n) is 5.83. The van der Waals surface area contributed by atoms with Crippen LogP contribution in [-0.4, -0.2) is 58.6 Å². The molecule has 9 nitrogen and oxygen atoms in total. The van der Waals surface area contributed by atoms with Crippen LogP contribution in [0.5, 0.6) is 11.5 Å². The maximum absolute atomic E-state index is 13.3. The van der Waals surface area contributed by atoms with Gasteiger partial charge in [0.05, 0.1) is 0 Å². The van der Waals surface area contributed by atoms with Gasteiger partial charge in [0, 0.05) is 12.8 Å². The zero-order valence-corrected chi connectivity index (χ0v) is 18.6. The number of nitrogens with zero attached hydrogens (tertiary/aromatic N) is 3. The van der Waals surface area contributed by atoms with Crippen molar-refractivity contribution in [1.82, 2.24) is 10.2 Å². The van der Waals surface area contributed by atoms with Crippen LogP contribution in [0.15, 0.2) is 59.6 Å². The highest BCUT2D eigenvalue weighted by molar-refractivity contribution is 6.20. The van der Waals surface area contributed by atoms with Crippen molar-refractivity contribution in [2.24, 2.45) is 4.99 Å². The molecule has 172 valence electrons. The van der Waals surface area contributed by atoms with Crippen LogP contribution in [0, 0.1) is 6.92 Å². The molecule has 2 aromatic rings. The Kier molecular flexibility index (Phi) is 5.67. The van der Waals surface area contributed by atoms with E-state index in [4.69, 9.17) is 9.47 Å². The zero-order chi connectivity index (χ0) is 23.7. The molecular weight excluding hydrogens is 436 g/mol. The third-order valence-corrected chi connectivity index (χ3v) is 5.83. The minimum Gasteiger partial charge on any atom is -0.454 e. The monoisotopic (exact) mass is 459 g/mol. The highest BCUT2D eigenvalue weighted by atomic mass is 16.7. The summed E-state index contributed by atoms with van der Waals surface area (Å²) in [5.74, 6) is 0.536. The van der Waals surface area contributed by atoms with Crippen molar-refractivity contribution >= 4 is 29.8 Å². The Hall–Kier alpha value is -4.27. The number of aryl methyl sites for hydroxylation is 1. The fourth-order valence-electron chi connectivity index (χ4n) is 4.00. The van der Waals surface area contributed by atoms with E-state index in [2.05, 4.69) is 10.3 Å². The van der Waals surface area contributed by atoms with Gasteiger partial charge in [-0.1, -0.05) is 35.9 Å². The van der Waals surface area contributed by atoms with Gasteiger partial charge in [-0.25, -0.2) is 4.79 Å². The number of urea groups is 1. The van der Waals surface area contributed by atoms with Crippen LogP contribution in [0.4, 0.5) is 4.79 Å². The lowest BCUT2D eigenvalue weighted by molar-refractivity contribution is -0.428. The van der Waals surface area contributed by atoms with Crippen LogP contribution >= 0.6 is 0 Å². The molecule has 0 radical (unpaired) electrons. The first-order valence-corrected chi connectivity index (χ1v) is 10.9. The van der Waals surface area contributed by atoms with Gasteiger partial charge >= 0.3 is 11.9 Å². The number of hydrogen-bond acceptors (Lipinski definition) is 6. The Bertz CT molecular complexity index is 1260. The number of aliphatic imine (C=N–C) groups is 1. The van der Waals surface area contributed by atoms with E-state index < -0.39 is 18.0 Å². The van der Waals surface area contributed by atoms with Crippen molar-refractivity contribution in [3.8, 4) is 11.5 Å². The van der Waals surface area contributed by atoms with Gasteiger partial charge in [0.25, 0.3) is 5.91 Å². The molecule has 3 aliphatic rings. The number of fused-ring (bicyclic) bond motifs is 2. The molecule has 2 aromatic carbocycles. The normalized spacial score (nSPS) is 18.4. The van der Waals surface area contributed by atoms with Gasteiger partial charge in [0.15, 0.2) is 18.0 Å². The maximum atomic E-state index is 13.3. The number of hydrogen-bond donors (Lipinski definition) is 1. The molecule has 0 fully saturated rings. The van der Waals surface area contributed by atoms with Crippen molar-refractivity contribution in [3.63, 3.8) is 0 Å². The van der Waals surface area contributed by atoms with Crippen LogP contribution < -0.4 is 14.8 Å². The topological polar surface area (TPSA) is 100 Å². The minimum absolute atomic E-state index is 0.107. The van der Waals surface area contributed by atoms with Crippen LogP contribution in [0.2, 0.25) is 0 Å². The number of benzene rings is 2. The predicted molar refractivity (Wildman–Crippen MR) is 123 cm³/mol. The number of rotatable bonds is 6. The van der Waals surface area contributed by atoms with E-state index in [0.717, 1.165) is 21.6 Å². The Morgan fingerprint density at radius 2 is 1.88 bits per heavy atom. The Balaban J connectivity index is 1.33. The van der Waals surface area contributed by atoms with Gasteiger partial charge in [-0.15, -0.1) is 0 Å². The number of allylic oxidation sites excluding steroid dienone is 1. The molecule has 4 amide bonds. The highest BCUT2D eigenvalue weighted by Crippen LogP contribution is 2.32. The summed E-state index contributed by atoms with van der Waals surface area (Å²) in [6.07, 6.45) is 4.84. The lowest BCUT2D eigenvalue weighted by Gasteiger charge is -2.26. The molecule has 1 atom stereocenters. The van der Waals surface area contributed by atoms with E-state index >= 15 is 0 Å². The van der Waals surface area contributed by atoms with Gasteiger partial charge < -0.3 is 14.8 Å². The summed E-state index contributed by atoms with van der Waals surface area (Å²) >= 11 is 0. The second kappa shape index (κ2) is 8.93. The molecule has 0 saturated carbocycles. The van der Waals surface area contributed by atoms with E-state index in [1.54, 1.807) is 24.3 Å². The molecule has 0 aliphatic carbocycles. The van der Waals surface area contributed by atoms with Gasteiger partial charge in [-0.05, 0) is 42.3 Å². The first kappa shape index (κ1) is 21.6. The second-order valence-corrected chi connectivity index (χ2v) is 8.23. The quantitative estimate of drug-likeness (QED) is 0.666. The average Bonchev–Trinajstić information content (AvgIpc) is 3.32. The lowest BCUT2D eigenvalue weighted by atomic mass is 10.0. The summed E-state index contributed by atoms with van der Waals surface area (Å²) in [5.41, 5.74) is 3.14. The van der Waals surface area contributed by atoms with E-state index in [-0.39, 0.29) is 32.3 Å². The molecule has 0 saturated heterocycles. The summed E-state index contributed by atoms with van der Waals surface area (Å²) in [6, 6.07) is 11.6. The van der Waals surface area contributed by atoms with Crippen LogP contribution in [0.25, 0.3) is 0 Å². The summed E-state index contributed by atoms with van der Waals surface area (Å²) in [4.78, 5) is 44.6. The largest absolute Gasteiger partial charge is 0.501 e. The minimum atomic E-state index is -0.852. The molecule has 3 aliphatic heterocycles. The molecule has 3 heterocycles. The fraction of sp³-hybridized carbons (Fsp3) is 0.240. The lowest BCUT2D eigenvalue weighted by Crippen LogP contribution is -2.57. The summed E-state index contributed by atoms with van der Waals surface area (Å²) in [6.45, 7) is 2.28. The standard InChI is InChI=1S/C25H22N4O5/c1-16-4-6-17(7-5-16)13-29-24(31)23-19(3-2-10-26-23)28(25(29)32)14-22(30)27-12-18-8-9-20-21(11-18)34-15-33-20/h2-11,23H,12-15H2,1H3/p+1. The Morgan fingerprint density at radius 1 is 1.12 bits per heavy atom. The molecule has 1 N–H and O–H groups in total. The van der Waals surface area contributed by atoms with Gasteiger partial charge in [0.1, 0.15) is 12.3 Å². The van der Waals surface area contributed by atoms with E-state index in [1.165, 1.54) is 10.8 Å². The first-order chi connectivity index (χ1) is 16.5. The van der Waals surface area contributed by atoms with Crippen molar-refractivity contribution in [3.05, 3.63) is 71.3 Å². The summed E-state index contributed by atoms with van der Waals surface area (Å²) in [5, 5.41) is 2.83. The van der Waals surface area contributed by atoms with Crippen molar-refractivity contribution in [1.29, 1.82) is 0 Å². The van der Waals surface area contributed by atoms with Crippen LogP contribution in [0.1, 0.15) is 16.7 Å². The SMILES string of the molecule is Cc1ccc(CN2C(=O)C3N=CC=CC3=[N+](CC(=O)NCc3ccc4c(c3)OCO4)C2=O)cc1. The fourth-order valence-corrected chi connectivity index (χ4v) is 4.00. The number of nitrogens with one attached hydrogen (secondary N) is 1. The van der Waals surface area contributed by atoms with Crippen LogP contribution in [-0.2, 0) is 22.7 Å². The van der Waals surface area contributed by atoms with Crippen molar-refractivity contribution < 1.29 is 28.4 Å². The molecule has 0 bridgehead atoms. The Morgan fingerprint density at radius 3 is 2.71 bits per heavy atom. The smallest absolute Gasteiger partial charge is 0.454 e. The van der Waals surface area contributed by atoms with Gasteiger partial charge in [-0.3, -0.25) is 9.79 Å². The van der Waals surface area contributed by atoms with E-state index in [1.807, 2.05) is 37.3 Å². The van der Waals surface area contributed by atoms with Gasteiger partial charge in [-0.2, -0.15) is 14.3 Å². The zero-order valence-electron chi connectivity index (χ0n) is 18.6. The number of dihydropyridines is 1. The summed E-state index contributed by atoms with van der Waals surface area (Å²) < 4.78 is 12.0. The van der Waals surface area contributed by atoms with E-state index in [0.29, 0.717) is 17.2 Å². The average molecular weight is 459 g/mol. The second-order valence-electron chi connectivity index (χ2n) is 8.23. The maximum Gasteiger partial charge on any atom is 0.501 e. The molecular formula is C25H23N4O5+. The predicted octanol–water partition coefficient (Wildman–Crippen LogP) is 1.97. The van der Waals surface area contributed by atoms with Crippen molar-refractivity contribution in [2.75, 3.05) is 13.3 Å². The van der Waals surface area contributed by atoms with Gasteiger partial charge in [0.2, 0.25) is 12.8 Å². The van der Waals surface area contributed by atoms with Crippen molar-refractivity contribution in [2.45, 2.75) is 26.1 Å². The summed E-state index contributed by atoms with van der Waals surface area (Å²) in [7, 11) is 0. The Labute approximate surface area is 196 Å². The van der Waals surface area contributed by atoms with E-state index in [9.17, 15) is 14.4 Å². The molecule has 34 heavy (non-hydrogen) atoms. The molecule has 0 aromatic heterocycles. The molecule has 5 rings (SSSR count). The number of carbonyl (C=O) groups is 3. The number of carbonyl (C=O) groups excluding carboxylic acids is 3. The molecule has 1 unspecified atom stereocenters. The number of ether oxygens (including phenoxy) is 2. The number of imide groups is 1. The number of amides is 4. The third kappa shape index (κ3) is 4.19. The molecule has 9 heteroatoms. The first-order valence-electron chi connectivity index (χ1n) is 10.9.